The first kappa shape index (κ1) is 24.0. The van der Waals surface area contributed by atoms with E-state index < -0.39 is 6.04 Å². The molecule has 166 valence electrons. The van der Waals surface area contributed by atoms with Crippen molar-refractivity contribution in [2.45, 2.75) is 57.0 Å². The number of nitrogens with zero attached hydrogens (tertiary/aromatic N) is 1. The minimum Gasteiger partial charge on any atom is -0.352 e. The Morgan fingerprint density at radius 1 is 1.06 bits per heavy atom. The second-order valence-corrected chi connectivity index (χ2v) is 9.71. The predicted molar refractivity (Wildman–Crippen MR) is 129 cm³/mol. The zero-order valence-corrected chi connectivity index (χ0v) is 20.0. The van der Waals surface area contributed by atoms with Crippen molar-refractivity contribution in [3.8, 4) is 0 Å². The van der Waals surface area contributed by atoms with E-state index >= 15 is 0 Å². The van der Waals surface area contributed by atoms with Gasteiger partial charge in [-0.25, -0.2) is 0 Å². The maximum atomic E-state index is 13.1. The average molecular weight is 479 g/mol. The molecule has 0 aromatic heterocycles. The normalized spacial score (nSPS) is 14.9. The van der Waals surface area contributed by atoms with Crippen LogP contribution in [-0.4, -0.2) is 34.6 Å². The van der Waals surface area contributed by atoms with Gasteiger partial charge in [0.05, 0.1) is 15.8 Å². The molecule has 0 bridgehead atoms. The summed E-state index contributed by atoms with van der Waals surface area (Å²) in [5.74, 6) is 0.877. The maximum Gasteiger partial charge on any atom is 0.242 e. The molecule has 1 N–H and O–H groups in total. The number of hydrogen-bond acceptors (Lipinski definition) is 3. The Morgan fingerprint density at radius 2 is 1.77 bits per heavy atom. The number of amides is 2. The third-order valence-corrected chi connectivity index (χ3v) is 7.27. The second-order valence-electron chi connectivity index (χ2n) is 7.91. The Labute approximate surface area is 198 Å². The van der Waals surface area contributed by atoms with Crippen molar-refractivity contribution in [1.82, 2.24) is 10.2 Å². The molecular weight excluding hydrogens is 451 g/mol. The SMILES string of the molecule is CC(C(=O)NC1CCCC1)N(Cc1ccc(Cl)c(Cl)c1)C(=O)CSCc1ccccc1. The zero-order chi connectivity index (χ0) is 22.2. The lowest BCUT2D eigenvalue weighted by atomic mass is 10.1. The summed E-state index contributed by atoms with van der Waals surface area (Å²) < 4.78 is 0. The summed E-state index contributed by atoms with van der Waals surface area (Å²) in [6.07, 6.45) is 4.29. The van der Waals surface area contributed by atoms with Gasteiger partial charge in [-0.1, -0.05) is 72.4 Å². The quantitative estimate of drug-likeness (QED) is 0.502. The first-order chi connectivity index (χ1) is 14.9. The van der Waals surface area contributed by atoms with Crippen molar-refractivity contribution in [3.05, 3.63) is 69.7 Å². The van der Waals surface area contributed by atoms with Gasteiger partial charge < -0.3 is 10.2 Å². The second kappa shape index (κ2) is 11.8. The van der Waals surface area contributed by atoms with Crippen LogP contribution in [0.5, 0.6) is 0 Å². The number of carbonyl (C=O) groups is 2. The van der Waals surface area contributed by atoms with Crippen molar-refractivity contribution in [2.24, 2.45) is 0 Å². The van der Waals surface area contributed by atoms with E-state index in [9.17, 15) is 9.59 Å². The van der Waals surface area contributed by atoms with Crippen LogP contribution in [0.1, 0.15) is 43.7 Å². The van der Waals surface area contributed by atoms with Crippen LogP contribution < -0.4 is 5.32 Å². The molecule has 7 heteroatoms. The highest BCUT2D eigenvalue weighted by atomic mass is 35.5. The summed E-state index contributed by atoms with van der Waals surface area (Å²) in [5, 5.41) is 4.02. The number of carbonyl (C=O) groups excluding carboxylic acids is 2. The first-order valence-electron chi connectivity index (χ1n) is 10.6. The summed E-state index contributed by atoms with van der Waals surface area (Å²) in [7, 11) is 0. The topological polar surface area (TPSA) is 49.4 Å². The monoisotopic (exact) mass is 478 g/mol. The highest BCUT2D eigenvalue weighted by Gasteiger charge is 2.28. The molecule has 1 aliphatic rings. The van der Waals surface area contributed by atoms with E-state index in [4.69, 9.17) is 23.2 Å². The number of hydrogen-bond donors (Lipinski definition) is 1. The van der Waals surface area contributed by atoms with Crippen molar-refractivity contribution < 1.29 is 9.59 Å². The number of halogens is 2. The molecule has 0 heterocycles. The van der Waals surface area contributed by atoms with Gasteiger partial charge in [-0.2, -0.15) is 0 Å². The highest BCUT2D eigenvalue weighted by molar-refractivity contribution is 7.99. The lowest BCUT2D eigenvalue weighted by Crippen LogP contribution is -2.50. The average Bonchev–Trinajstić information content (AvgIpc) is 3.27. The van der Waals surface area contributed by atoms with Crippen molar-refractivity contribution >= 4 is 46.8 Å². The van der Waals surface area contributed by atoms with E-state index in [0.29, 0.717) is 22.3 Å². The maximum absolute atomic E-state index is 13.1. The van der Waals surface area contributed by atoms with Crippen LogP contribution in [0, 0.1) is 0 Å². The standard InChI is InChI=1S/C24H28Cl2N2O2S/c1-17(24(30)27-20-9-5-6-10-20)28(14-19-11-12-21(25)22(26)13-19)23(29)16-31-15-18-7-3-2-4-8-18/h2-4,7-8,11-13,17,20H,5-6,9-10,14-16H2,1H3,(H,27,30). The largest absolute Gasteiger partial charge is 0.352 e. The fourth-order valence-electron chi connectivity index (χ4n) is 3.72. The molecule has 2 aromatic rings. The number of benzene rings is 2. The van der Waals surface area contributed by atoms with E-state index in [-0.39, 0.29) is 17.9 Å². The van der Waals surface area contributed by atoms with Crippen LogP contribution in [-0.2, 0) is 21.9 Å². The van der Waals surface area contributed by atoms with Gasteiger partial charge in [0, 0.05) is 18.3 Å². The van der Waals surface area contributed by atoms with Gasteiger partial charge in [0.2, 0.25) is 11.8 Å². The van der Waals surface area contributed by atoms with Gasteiger partial charge in [-0.3, -0.25) is 9.59 Å². The van der Waals surface area contributed by atoms with Gasteiger partial charge >= 0.3 is 0 Å². The third-order valence-electron chi connectivity index (χ3n) is 5.54. The Kier molecular flexibility index (Phi) is 9.12. The van der Waals surface area contributed by atoms with Crippen LogP contribution >= 0.6 is 35.0 Å². The molecule has 0 saturated heterocycles. The Balaban J connectivity index is 1.67. The number of nitrogens with one attached hydrogen (secondary N) is 1. The Hall–Kier alpha value is -1.69. The molecule has 0 aliphatic heterocycles. The van der Waals surface area contributed by atoms with E-state index in [1.165, 1.54) is 5.56 Å². The van der Waals surface area contributed by atoms with Crippen molar-refractivity contribution in [2.75, 3.05) is 5.75 Å². The van der Waals surface area contributed by atoms with E-state index in [1.54, 1.807) is 35.7 Å². The fraction of sp³-hybridized carbons (Fsp3) is 0.417. The molecule has 0 radical (unpaired) electrons. The fourth-order valence-corrected chi connectivity index (χ4v) is 4.91. The molecule has 3 rings (SSSR count). The van der Waals surface area contributed by atoms with Crippen molar-refractivity contribution in [1.29, 1.82) is 0 Å². The minimum absolute atomic E-state index is 0.0684. The molecular formula is C24H28Cl2N2O2S. The number of thioether (sulfide) groups is 1. The van der Waals surface area contributed by atoms with E-state index in [2.05, 4.69) is 5.32 Å². The molecule has 1 atom stereocenters. The molecule has 1 fully saturated rings. The Morgan fingerprint density at radius 3 is 2.45 bits per heavy atom. The number of rotatable bonds is 9. The predicted octanol–water partition coefficient (Wildman–Crippen LogP) is 5.70. The highest BCUT2D eigenvalue weighted by Crippen LogP contribution is 2.24. The molecule has 2 amide bonds. The van der Waals surface area contributed by atoms with Gasteiger partial charge in [0.15, 0.2) is 0 Å². The van der Waals surface area contributed by atoms with Gasteiger partial charge in [-0.05, 0) is 43.0 Å². The third kappa shape index (κ3) is 7.16. The molecule has 1 saturated carbocycles. The van der Waals surface area contributed by atoms with Crippen LogP contribution in [0.25, 0.3) is 0 Å². The molecule has 31 heavy (non-hydrogen) atoms. The van der Waals surface area contributed by atoms with Crippen LogP contribution in [0.15, 0.2) is 48.5 Å². The smallest absolute Gasteiger partial charge is 0.242 e. The van der Waals surface area contributed by atoms with Crippen LogP contribution in [0.2, 0.25) is 10.0 Å². The Bertz CT molecular complexity index is 888. The molecule has 1 unspecified atom stereocenters. The summed E-state index contributed by atoms with van der Waals surface area (Å²) in [6, 6.07) is 15.0. The van der Waals surface area contributed by atoms with E-state index in [1.807, 2.05) is 36.4 Å². The van der Waals surface area contributed by atoms with E-state index in [0.717, 1.165) is 37.0 Å². The lowest BCUT2D eigenvalue weighted by Gasteiger charge is -2.30. The molecule has 2 aromatic carbocycles. The summed E-state index contributed by atoms with van der Waals surface area (Å²) in [4.78, 5) is 27.7. The van der Waals surface area contributed by atoms with Crippen molar-refractivity contribution in [3.63, 3.8) is 0 Å². The summed E-state index contributed by atoms with van der Waals surface area (Å²) in [6.45, 7) is 2.10. The summed E-state index contributed by atoms with van der Waals surface area (Å²) in [5.41, 5.74) is 2.01. The molecule has 4 nitrogen and oxygen atoms in total. The van der Waals surface area contributed by atoms with Crippen LogP contribution in [0.4, 0.5) is 0 Å². The molecule has 0 spiro atoms. The summed E-state index contributed by atoms with van der Waals surface area (Å²) >= 11 is 13.8. The van der Waals surface area contributed by atoms with Gasteiger partial charge in [0.1, 0.15) is 6.04 Å². The minimum atomic E-state index is -0.570. The first-order valence-corrected chi connectivity index (χ1v) is 12.5. The molecule has 1 aliphatic carbocycles. The van der Waals surface area contributed by atoms with Gasteiger partial charge in [0.25, 0.3) is 0 Å². The zero-order valence-electron chi connectivity index (χ0n) is 17.7. The van der Waals surface area contributed by atoms with Gasteiger partial charge in [-0.15, -0.1) is 11.8 Å². The lowest BCUT2D eigenvalue weighted by molar-refractivity contribution is -0.138. The van der Waals surface area contributed by atoms with Crippen LogP contribution in [0.3, 0.4) is 0 Å².